The minimum absolute atomic E-state index is 0.0267. The number of aromatic nitrogens is 2. The molecule has 1 aliphatic heterocycles. The van der Waals surface area contributed by atoms with Crippen molar-refractivity contribution in [1.29, 1.82) is 0 Å². The van der Waals surface area contributed by atoms with Crippen LogP contribution < -0.4 is 4.90 Å². The highest BCUT2D eigenvalue weighted by atomic mass is 32.1. The highest BCUT2D eigenvalue weighted by molar-refractivity contribution is 7.71. The van der Waals surface area contributed by atoms with Gasteiger partial charge in [-0.1, -0.05) is 18.2 Å². The molecule has 0 radical (unpaired) electrons. The first-order valence-corrected chi connectivity index (χ1v) is 8.71. The molecular formula is C17H22N3O3S+. The zero-order chi connectivity index (χ0) is 16.9. The molecule has 1 saturated heterocycles. The molecule has 6 nitrogen and oxygen atoms in total. The molecular weight excluding hydrogens is 326 g/mol. The second-order valence-corrected chi connectivity index (χ2v) is 6.32. The average molecular weight is 348 g/mol. The third-order valence-electron chi connectivity index (χ3n) is 4.31. The maximum absolute atomic E-state index is 11.8. The van der Waals surface area contributed by atoms with Gasteiger partial charge in [0.2, 0.25) is 5.89 Å². The van der Waals surface area contributed by atoms with Gasteiger partial charge >= 0.3 is 5.97 Å². The van der Waals surface area contributed by atoms with Gasteiger partial charge < -0.3 is 14.1 Å². The summed E-state index contributed by atoms with van der Waals surface area (Å²) in [5.74, 6) is 0.501. The largest absolute Gasteiger partial charge is 0.466 e. The van der Waals surface area contributed by atoms with E-state index in [-0.39, 0.29) is 11.9 Å². The van der Waals surface area contributed by atoms with E-state index in [9.17, 15) is 4.79 Å². The summed E-state index contributed by atoms with van der Waals surface area (Å²) in [6, 6.07) is 9.73. The van der Waals surface area contributed by atoms with Crippen molar-refractivity contribution in [3.63, 3.8) is 0 Å². The number of nitrogens with zero attached hydrogens (tertiary/aromatic N) is 2. The number of carbonyl (C=O) groups is 1. The number of likely N-dealkylation sites (tertiary alicyclic amines) is 1. The highest BCUT2D eigenvalue weighted by Crippen LogP contribution is 2.17. The molecule has 24 heavy (non-hydrogen) atoms. The number of ether oxygens (including phenoxy) is 1. The molecule has 1 aliphatic rings. The van der Waals surface area contributed by atoms with E-state index in [0.717, 1.165) is 31.5 Å². The van der Waals surface area contributed by atoms with Crippen molar-refractivity contribution in [2.75, 3.05) is 19.7 Å². The molecule has 0 atom stereocenters. The first kappa shape index (κ1) is 16.9. The van der Waals surface area contributed by atoms with Gasteiger partial charge in [0.1, 0.15) is 0 Å². The van der Waals surface area contributed by atoms with E-state index < -0.39 is 0 Å². The van der Waals surface area contributed by atoms with Gasteiger partial charge in [-0.05, 0) is 31.3 Å². The van der Waals surface area contributed by atoms with Crippen LogP contribution in [-0.4, -0.2) is 35.4 Å². The van der Waals surface area contributed by atoms with Crippen LogP contribution in [-0.2, 0) is 16.2 Å². The molecule has 0 bridgehead atoms. The summed E-state index contributed by atoms with van der Waals surface area (Å²) < 4.78 is 12.5. The molecule has 2 aromatic rings. The molecule has 0 aliphatic carbocycles. The number of hydrogen-bond acceptors (Lipinski definition) is 5. The minimum atomic E-state index is -0.0686. The van der Waals surface area contributed by atoms with Crippen LogP contribution in [0.3, 0.4) is 0 Å². The third kappa shape index (κ3) is 3.91. The second kappa shape index (κ2) is 7.72. The van der Waals surface area contributed by atoms with Crippen LogP contribution in [0, 0.1) is 10.8 Å². The Hall–Kier alpha value is -1.99. The molecule has 0 spiro atoms. The van der Waals surface area contributed by atoms with Crippen LogP contribution >= 0.6 is 12.2 Å². The Kier molecular flexibility index (Phi) is 5.42. The number of esters is 1. The van der Waals surface area contributed by atoms with Crippen LogP contribution in [0.4, 0.5) is 0 Å². The number of rotatable bonds is 5. The molecule has 1 aromatic carbocycles. The van der Waals surface area contributed by atoms with Gasteiger partial charge in [-0.2, -0.15) is 4.68 Å². The van der Waals surface area contributed by atoms with Gasteiger partial charge in [0, 0.05) is 18.4 Å². The van der Waals surface area contributed by atoms with Crippen LogP contribution in [0.15, 0.2) is 34.7 Å². The lowest BCUT2D eigenvalue weighted by molar-refractivity contribution is -0.929. The molecule has 7 heteroatoms. The van der Waals surface area contributed by atoms with Crippen molar-refractivity contribution in [2.24, 2.45) is 5.92 Å². The molecule has 1 aromatic heterocycles. The molecule has 0 unspecified atom stereocenters. The number of quaternary nitrogens is 1. The molecule has 1 N–H and O–H groups in total. The van der Waals surface area contributed by atoms with Gasteiger partial charge in [-0.25, -0.2) is 0 Å². The molecule has 2 heterocycles. The first-order valence-electron chi connectivity index (χ1n) is 8.31. The number of piperidine rings is 1. The van der Waals surface area contributed by atoms with Crippen molar-refractivity contribution in [2.45, 2.75) is 26.4 Å². The third-order valence-corrected chi connectivity index (χ3v) is 4.61. The molecule has 1 fully saturated rings. The topological polar surface area (TPSA) is 61.7 Å². The lowest BCUT2D eigenvalue weighted by Crippen LogP contribution is -3.12. The summed E-state index contributed by atoms with van der Waals surface area (Å²) in [6.45, 7) is 4.75. The predicted molar refractivity (Wildman–Crippen MR) is 90.8 cm³/mol. The second-order valence-electron chi connectivity index (χ2n) is 5.97. The van der Waals surface area contributed by atoms with E-state index in [0.29, 0.717) is 24.0 Å². The fourth-order valence-electron chi connectivity index (χ4n) is 3.00. The van der Waals surface area contributed by atoms with Crippen molar-refractivity contribution in [3.8, 4) is 11.5 Å². The average Bonchev–Trinajstić information content (AvgIpc) is 2.97. The maximum atomic E-state index is 11.8. The smallest absolute Gasteiger partial charge is 0.309 e. The maximum Gasteiger partial charge on any atom is 0.309 e. The Balaban J connectivity index is 1.61. The fraction of sp³-hybridized carbons (Fsp3) is 0.471. The van der Waals surface area contributed by atoms with E-state index >= 15 is 0 Å². The quantitative estimate of drug-likeness (QED) is 0.658. The summed E-state index contributed by atoms with van der Waals surface area (Å²) in [5, 5.41) is 4.49. The molecule has 3 rings (SSSR count). The van der Waals surface area contributed by atoms with Crippen LogP contribution in [0.1, 0.15) is 19.8 Å². The first-order chi connectivity index (χ1) is 11.7. The summed E-state index contributed by atoms with van der Waals surface area (Å²) in [5.41, 5.74) is 0.915. The lowest BCUT2D eigenvalue weighted by Gasteiger charge is -2.27. The summed E-state index contributed by atoms with van der Waals surface area (Å²) in [4.78, 5) is 13.5. The Bertz CT molecular complexity index is 733. The van der Waals surface area contributed by atoms with Crippen molar-refractivity contribution in [1.82, 2.24) is 9.78 Å². The Morgan fingerprint density at radius 2 is 2.08 bits per heavy atom. The number of carbonyl (C=O) groups excluding carboxylic acids is 1. The number of hydrogen-bond donors (Lipinski definition) is 1. The minimum Gasteiger partial charge on any atom is -0.466 e. The van der Waals surface area contributed by atoms with Gasteiger partial charge in [0.05, 0.1) is 25.6 Å². The summed E-state index contributed by atoms with van der Waals surface area (Å²) in [7, 11) is 0. The standard InChI is InChI=1S/C17H21N3O3S/c1-2-22-16(21)14-8-10-19(11-9-14)12-20-17(24)23-15(18-20)13-6-4-3-5-7-13/h3-7,14H,2,8-12H2,1H3/p+1. The van der Waals surface area contributed by atoms with Crippen LogP contribution in [0.5, 0.6) is 0 Å². The zero-order valence-corrected chi connectivity index (χ0v) is 14.6. The van der Waals surface area contributed by atoms with Crippen molar-refractivity contribution < 1.29 is 18.8 Å². The van der Waals surface area contributed by atoms with Gasteiger partial charge in [-0.15, -0.1) is 5.10 Å². The van der Waals surface area contributed by atoms with E-state index in [1.807, 2.05) is 37.3 Å². The molecule has 0 saturated carbocycles. The van der Waals surface area contributed by atoms with E-state index in [4.69, 9.17) is 21.4 Å². The van der Waals surface area contributed by atoms with Gasteiger partial charge in [0.15, 0.2) is 6.67 Å². The van der Waals surface area contributed by atoms with E-state index in [1.54, 1.807) is 4.68 Å². The lowest BCUT2D eigenvalue weighted by atomic mass is 9.97. The number of nitrogens with one attached hydrogen (secondary N) is 1. The molecule has 128 valence electrons. The summed E-state index contributed by atoms with van der Waals surface area (Å²) >= 11 is 5.29. The summed E-state index contributed by atoms with van der Waals surface area (Å²) in [6.07, 6.45) is 1.68. The van der Waals surface area contributed by atoms with Crippen molar-refractivity contribution in [3.05, 3.63) is 35.2 Å². The zero-order valence-electron chi connectivity index (χ0n) is 13.7. The Labute approximate surface area is 146 Å². The number of benzene rings is 1. The van der Waals surface area contributed by atoms with Crippen LogP contribution in [0.25, 0.3) is 11.5 Å². The van der Waals surface area contributed by atoms with Gasteiger partial charge in [-0.3, -0.25) is 4.79 Å². The van der Waals surface area contributed by atoms with Crippen molar-refractivity contribution >= 4 is 18.2 Å². The van der Waals surface area contributed by atoms with Gasteiger partial charge in [0.25, 0.3) is 4.84 Å². The fourth-order valence-corrected chi connectivity index (χ4v) is 3.18. The van der Waals surface area contributed by atoms with Crippen LogP contribution in [0.2, 0.25) is 0 Å². The van der Waals surface area contributed by atoms with E-state index in [1.165, 1.54) is 4.90 Å². The normalized spacial score (nSPS) is 20.7. The SMILES string of the molecule is CCOC(=O)C1CC[NH+](Cn2nc(-c3ccccc3)oc2=S)CC1. The molecule has 0 amide bonds. The highest BCUT2D eigenvalue weighted by Gasteiger charge is 2.28. The predicted octanol–water partition coefficient (Wildman–Crippen LogP) is 1.69. The Morgan fingerprint density at radius 3 is 2.75 bits per heavy atom. The Morgan fingerprint density at radius 1 is 1.38 bits per heavy atom. The van der Waals surface area contributed by atoms with E-state index in [2.05, 4.69) is 5.10 Å². The monoisotopic (exact) mass is 348 g/mol.